The molecule has 0 radical (unpaired) electrons. The van der Waals surface area contributed by atoms with Gasteiger partial charge in [0.25, 0.3) is 0 Å². The van der Waals surface area contributed by atoms with Crippen molar-refractivity contribution >= 4 is 5.78 Å². The summed E-state index contributed by atoms with van der Waals surface area (Å²) in [6.45, 7) is 1.77. The number of ketones is 1. The summed E-state index contributed by atoms with van der Waals surface area (Å²) in [5, 5.41) is 0. The number of carbonyl (C=O) groups is 1. The normalized spacial score (nSPS) is 15.7. The van der Waals surface area contributed by atoms with Gasteiger partial charge in [0.15, 0.2) is 0 Å². The van der Waals surface area contributed by atoms with Crippen LogP contribution in [0.3, 0.4) is 0 Å². The predicted octanol–water partition coefficient (Wildman–Crippen LogP) is 1.77. The Morgan fingerprint density at radius 3 is 2.80 bits per heavy atom. The first-order valence-corrected chi connectivity index (χ1v) is 3.74. The number of Topliss-reactive ketones (excluding diaryl/α,β-unsaturated/α-hetero) is 1. The summed E-state index contributed by atoms with van der Waals surface area (Å²) >= 11 is 0. The summed E-state index contributed by atoms with van der Waals surface area (Å²) in [7, 11) is 0. The fourth-order valence-corrected chi connectivity index (χ4v) is 0.903. The maximum Gasteiger partial charge on any atom is 0.145 e. The van der Waals surface area contributed by atoms with Crippen LogP contribution in [0.25, 0.3) is 0 Å². The Bertz CT molecular complexity index is 179. The van der Waals surface area contributed by atoms with Gasteiger partial charge in [-0.3, -0.25) is 4.79 Å². The average Bonchev–Trinajstić information content (AvgIpc) is 2.67. The molecule has 1 saturated carbocycles. The van der Waals surface area contributed by atoms with Crippen LogP contribution in [0.4, 0.5) is 0 Å². The van der Waals surface area contributed by atoms with Gasteiger partial charge < -0.3 is 0 Å². The van der Waals surface area contributed by atoms with Crippen LogP contribution in [0.1, 0.15) is 32.6 Å². The largest absolute Gasteiger partial charge is 0.299 e. The van der Waals surface area contributed by atoms with Gasteiger partial charge in [0.1, 0.15) is 5.78 Å². The Morgan fingerprint density at radius 1 is 1.60 bits per heavy atom. The summed E-state index contributed by atoms with van der Waals surface area (Å²) in [5.74, 6) is 6.53. The van der Waals surface area contributed by atoms with Gasteiger partial charge in [0.2, 0.25) is 0 Å². The zero-order valence-electron chi connectivity index (χ0n) is 6.31. The summed E-state index contributed by atoms with van der Waals surface area (Å²) < 4.78 is 0. The SMILES string of the molecule is CC#CCC(=O)CC1CC1. The maximum absolute atomic E-state index is 10.9. The Balaban J connectivity index is 2.12. The fourth-order valence-electron chi connectivity index (χ4n) is 0.903. The highest BCUT2D eigenvalue weighted by atomic mass is 16.1. The zero-order valence-corrected chi connectivity index (χ0v) is 6.31. The van der Waals surface area contributed by atoms with E-state index in [2.05, 4.69) is 11.8 Å². The second kappa shape index (κ2) is 3.41. The molecule has 0 aromatic heterocycles. The van der Waals surface area contributed by atoms with Crippen molar-refractivity contribution in [3.05, 3.63) is 0 Å². The summed E-state index contributed by atoms with van der Waals surface area (Å²) in [6, 6.07) is 0. The molecule has 0 heterocycles. The molecule has 1 fully saturated rings. The molecule has 1 rings (SSSR count). The van der Waals surface area contributed by atoms with Crippen molar-refractivity contribution in [1.29, 1.82) is 0 Å². The monoisotopic (exact) mass is 136 g/mol. The molecule has 0 aliphatic heterocycles. The van der Waals surface area contributed by atoms with Gasteiger partial charge in [-0.25, -0.2) is 0 Å². The van der Waals surface area contributed by atoms with Gasteiger partial charge in [0.05, 0.1) is 6.42 Å². The average molecular weight is 136 g/mol. The van der Waals surface area contributed by atoms with E-state index in [1.54, 1.807) is 6.92 Å². The highest BCUT2D eigenvalue weighted by Gasteiger charge is 2.23. The van der Waals surface area contributed by atoms with Crippen molar-refractivity contribution in [2.24, 2.45) is 5.92 Å². The molecule has 0 N–H and O–H groups in total. The van der Waals surface area contributed by atoms with Crippen LogP contribution in [0, 0.1) is 17.8 Å². The van der Waals surface area contributed by atoms with E-state index < -0.39 is 0 Å². The third-order valence-corrected chi connectivity index (χ3v) is 1.68. The molecule has 0 aromatic carbocycles. The fraction of sp³-hybridized carbons (Fsp3) is 0.667. The van der Waals surface area contributed by atoms with Crippen molar-refractivity contribution < 1.29 is 4.79 Å². The molecule has 1 aliphatic carbocycles. The first kappa shape index (κ1) is 7.34. The van der Waals surface area contributed by atoms with Gasteiger partial charge in [-0.2, -0.15) is 0 Å². The number of hydrogen-bond acceptors (Lipinski definition) is 1. The molecular weight excluding hydrogens is 124 g/mol. The van der Waals surface area contributed by atoms with Crippen molar-refractivity contribution in [1.82, 2.24) is 0 Å². The first-order valence-electron chi connectivity index (χ1n) is 3.74. The van der Waals surface area contributed by atoms with Gasteiger partial charge in [0, 0.05) is 6.42 Å². The summed E-state index contributed by atoms with van der Waals surface area (Å²) in [5.41, 5.74) is 0. The topological polar surface area (TPSA) is 17.1 Å². The minimum Gasteiger partial charge on any atom is -0.299 e. The Labute approximate surface area is 61.8 Å². The van der Waals surface area contributed by atoms with Crippen molar-refractivity contribution in [2.75, 3.05) is 0 Å². The molecule has 0 amide bonds. The number of rotatable bonds is 3. The molecule has 0 aromatic rings. The highest BCUT2D eigenvalue weighted by molar-refractivity contribution is 5.81. The molecule has 1 aliphatic rings. The third-order valence-electron chi connectivity index (χ3n) is 1.68. The minimum atomic E-state index is 0.317. The van der Waals surface area contributed by atoms with Crippen LogP contribution in [-0.4, -0.2) is 5.78 Å². The lowest BCUT2D eigenvalue weighted by molar-refractivity contribution is -0.118. The second-order valence-corrected chi connectivity index (χ2v) is 2.79. The lowest BCUT2D eigenvalue weighted by Gasteiger charge is -1.89. The summed E-state index contributed by atoms with van der Waals surface area (Å²) in [4.78, 5) is 10.9. The van der Waals surface area contributed by atoms with Gasteiger partial charge in [-0.15, -0.1) is 5.92 Å². The van der Waals surface area contributed by atoms with E-state index in [4.69, 9.17) is 0 Å². The van der Waals surface area contributed by atoms with E-state index in [0.29, 0.717) is 18.1 Å². The van der Waals surface area contributed by atoms with Gasteiger partial charge in [-0.1, -0.05) is 5.92 Å². The lowest BCUT2D eigenvalue weighted by atomic mass is 10.1. The van der Waals surface area contributed by atoms with E-state index in [0.717, 1.165) is 6.42 Å². The number of hydrogen-bond donors (Lipinski definition) is 0. The molecule has 0 spiro atoms. The minimum absolute atomic E-state index is 0.317. The lowest BCUT2D eigenvalue weighted by Crippen LogP contribution is -1.96. The molecule has 54 valence electrons. The quantitative estimate of drug-likeness (QED) is 0.540. The Hall–Kier alpha value is -0.770. The molecule has 0 saturated heterocycles. The van der Waals surface area contributed by atoms with E-state index in [9.17, 15) is 4.79 Å². The predicted molar refractivity (Wildman–Crippen MR) is 40.4 cm³/mol. The Morgan fingerprint density at radius 2 is 2.30 bits per heavy atom. The first-order chi connectivity index (χ1) is 4.83. The van der Waals surface area contributed by atoms with Crippen molar-refractivity contribution in [3.63, 3.8) is 0 Å². The second-order valence-electron chi connectivity index (χ2n) is 2.79. The van der Waals surface area contributed by atoms with Gasteiger partial charge in [-0.05, 0) is 25.7 Å². The van der Waals surface area contributed by atoms with Crippen LogP contribution in [0.5, 0.6) is 0 Å². The molecule has 1 heteroatoms. The molecule has 0 unspecified atom stereocenters. The van der Waals surface area contributed by atoms with Gasteiger partial charge >= 0.3 is 0 Å². The van der Waals surface area contributed by atoms with E-state index >= 15 is 0 Å². The van der Waals surface area contributed by atoms with Crippen LogP contribution in [0.2, 0.25) is 0 Å². The van der Waals surface area contributed by atoms with E-state index in [-0.39, 0.29) is 0 Å². The highest BCUT2D eigenvalue weighted by Crippen LogP contribution is 2.32. The zero-order chi connectivity index (χ0) is 7.40. The Kier molecular flexibility index (Phi) is 2.50. The standard InChI is InChI=1S/C9H12O/c1-2-3-4-9(10)7-8-5-6-8/h8H,4-7H2,1H3. The third kappa shape index (κ3) is 2.68. The molecule has 1 nitrogen and oxygen atoms in total. The van der Waals surface area contributed by atoms with Crippen molar-refractivity contribution in [3.8, 4) is 11.8 Å². The smallest absolute Gasteiger partial charge is 0.145 e. The van der Waals surface area contributed by atoms with Crippen LogP contribution < -0.4 is 0 Å². The number of carbonyl (C=O) groups excluding carboxylic acids is 1. The molecular formula is C9H12O. The maximum atomic E-state index is 10.9. The molecule has 10 heavy (non-hydrogen) atoms. The van der Waals surface area contributed by atoms with Crippen LogP contribution in [0.15, 0.2) is 0 Å². The molecule has 0 atom stereocenters. The van der Waals surface area contributed by atoms with Crippen LogP contribution in [-0.2, 0) is 4.79 Å². The van der Waals surface area contributed by atoms with E-state index in [1.807, 2.05) is 0 Å². The summed E-state index contributed by atoms with van der Waals surface area (Å²) in [6.07, 6.45) is 3.75. The van der Waals surface area contributed by atoms with Crippen molar-refractivity contribution in [2.45, 2.75) is 32.6 Å². The van der Waals surface area contributed by atoms with Crippen LogP contribution >= 0.6 is 0 Å². The molecule has 0 bridgehead atoms. The van der Waals surface area contributed by atoms with E-state index in [1.165, 1.54) is 12.8 Å².